The summed E-state index contributed by atoms with van der Waals surface area (Å²) in [6.07, 6.45) is 1.07. The number of hydrogen-bond donors (Lipinski definition) is 1. The van der Waals surface area contributed by atoms with E-state index in [-0.39, 0.29) is 12.4 Å². The fraction of sp³-hybridized carbons (Fsp3) is 0.538. The molecule has 1 N–H and O–H groups in total. The largest absolute Gasteiger partial charge is 0.395 e. The van der Waals surface area contributed by atoms with Crippen molar-refractivity contribution < 1.29 is 9.50 Å². The maximum absolute atomic E-state index is 13.3. The van der Waals surface area contributed by atoms with Crippen molar-refractivity contribution in [3.63, 3.8) is 0 Å². The first-order valence-corrected chi connectivity index (χ1v) is 6.97. The van der Waals surface area contributed by atoms with Crippen molar-refractivity contribution in [3.05, 3.63) is 30.1 Å². The molecule has 1 aromatic carbocycles. The van der Waals surface area contributed by atoms with Crippen LogP contribution >= 0.6 is 11.8 Å². The second-order valence-corrected chi connectivity index (χ2v) is 4.98. The number of halogens is 1. The predicted molar refractivity (Wildman–Crippen MR) is 70.9 cm³/mol. The molecule has 0 unspecified atom stereocenters. The molecule has 0 heterocycles. The van der Waals surface area contributed by atoms with Crippen LogP contribution in [0.15, 0.2) is 29.2 Å². The normalized spacial score (nSPS) is 11.1. The monoisotopic (exact) mass is 257 g/mol. The Morgan fingerprint density at radius 3 is 2.65 bits per heavy atom. The third-order valence-corrected chi connectivity index (χ3v) is 3.49. The van der Waals surface area contributed by atoms with E-state index >= 15 is 0 Å². The van der Waals surface area contributed by atoms with Gasteiger partial charge in [0.15, 0.2) is 0 Å². The summed E-state index contributed by atoms with van der Waals surface area (Å²) in [6.45, 7) is 4.87. The summed E-state index contributed by atoms with van der Waals surface area (Å²) < 4.78 is 13.3. The Morgan fingerprint density at radius 1 is 1.24 bits per heavy atom. The molecular formula is C13H20FNOS. The van der Waals surface area contributed by atoms with E-state index in [1.165, 1.54) is 17.8 Å². The highest BCUT2D eigenvalue weighted by molar-refractivity contribution is 7.99. The van der Waals surface area contributed by atoms with Gasteiger partial charge in [-0.25, -0.2) is 4.39 Å². The molecule has 1 aromatic rings. The molecule has 0 aliphatic rings. The molecule has 0 aliphatic heterocycles. The zero-order chi connectivity index (χ0) is 12.5. The van der Waals surface area contributed by atoms with E-state index in [2.05, 4.69) is 11.8 Å². The smallest absolute Gasteiger partial charge is 0.136 e. The van der Waals surface area contributed by atoms with Gasteiger partial charge in [0.25, 0.3) is 0 Å². The minimum Gasteiger partial charge on any atom is -0.395 e. The molecule has 0 aliphatic carbocycles. The maximum atomic E-state index is 13.3. The van der Waals surface area contributed by atoms with Crippen LogP contribution in [0.2, 0.25) is 0 Å². The van der Waals surface area contributed by atoms with Crippen LogP contribution in [0.1, 0.15) is 13.3 Å². The topological polar surface area (TPSA) is 23.5 Å². The first kappa shape index (κ1) is 14.5. The fourth-order valence-corrected chi connectivity index (χ4v) is 2.59. The molecular weight excluding hydrogens is 237 g/mol. The number of aliphatic hydroxyl groups is 1. The molecule has 96 valence electrons. The third kappa shape index (κ3) is 5.52. The lowest BCUT2D eigenvalue weighted by atomic mass is 10.3. The Balaban J connectivity index is 2.33. The zero-order valence-corrected chi connectivity index (χ0v) is 11.0. The van der Waals surface area contributed by atoms with Crippen molar-refractivity contribution in [1.82, 2.24) is 4.90 Å². The third-order valence-electron chi connectivity index (χ3n) is 2.46. The molecule has 0 saturated carbocycles. The van der Waals surface area contributed by atoms with Crippen molar-refractivity contribution in [3.8, 4) is 0 Å². The van der Waals surface area contributed by atoms with Gasteiger partial charge in [0.05, 0.1) is 6.61 Å². The zero-order valence-electron chi connectivity index (χ0n) is 10.2. The van der Waals surface area contributed by atoms with Gasteiger partial charge >= 0.3 is 0 Å². The number of rotatable bonds is 8. The molecule has 0 aromatic heterocycles. The summed E-state index contributed by atoms with van der Waals surface area (Å²) in [7, 11) is 0. The summed E-state index contributed by atoms with van der Waals surface area (Å²) in [6, 6.07) is 6.84. The molecule has 0 saturated heterocycles. The summed E-state index contributed by atoms with van der Waals surface area (Å²) in [5.74, 6) is 0.697. The van der Waals surface area contributed by atoms with Gasteiger partial charge in [-0.3, -0.25) is 0 Å². The fourth-order valence-electron chi connectivity index (χ4n) is 1.64. The summed E-state index contributed by atoms with van der Waals surface area (Å²) >= 11 is 1.53. The van der Waals surface area contributed by atoms with E-state index in [9.17, 15) is 4.39 Å². The Bertz CT molecular complexity index is 316. The molecule has 1 rings (SSSR count). The molecule has 0 atom stereocenters. The average molecular weight is 257 g/mol. The van der Waals surface area contributed by atoms with E-state index in [1.54, 1.807) is 12.1 Å². The van der Waals surface area contributed by atoms with E-state index in [0.717, 1.165) is 25.3 Å². The van der Waals surface area contributed by atoms with Gasteiger partial charge in [-0.1, -0.05) is 19.1 Å². The van der Waals surface area contributed by atoms with Gasteiger partial charge < -0.3 is 10.0 Å². The van der Waals surface area contributed by atoms with Crippen LogP contribution in [0.4, 0.5) is 4.39 Å². The van der Waals surface area contributed by atoms with E-state index < -0.39 is 0 Å². The van der Waals surface area contributed by atoms with Gasteiger partial charge in [0.2, 0.25) is 0 Å². The molecule has 0 spiro atoms. The van der Waals surface area contributed by atoms with E-state index in [4.69, 9.17) is 5.11 Å². The molecule has 17 heavy (non-hydrogen) atoms. The number of hydrogen-bond acceptors (Lipinski definition) is 3. The number of aliphatic hydroxyl groups excluding tert-OH is 1. The molecule has 0 bridgehead atoms. The Kier molecular flexibility index (Phi) is 7.24. The Labute approximate surface area is 107 Å². The lowest BCUT2D eigenvalue weighted by Gasteiger charge is -2.20. The van der Waals surface area contributed by atoms with Gasteiger partial charge in [-0.2, -0.15) is 0 Å². The molecule has 2 nitrogen and oxygen atoms in total. The van der Waals surface area contributed by atoms with Crippen LogP contribution < -0.4 is 0 Å². The van der Waals surface area contributed by atoms with E-state index in [1.807, 2.05) is 6.07 Å². The molecule has 0 fully saturated rings. The second-order valence-electron chi connectivity index (χ2n) is 3.84. The maximum Gasteiger partial charge on any atom is 0.136 e. The van der Waals surface area contributed by atoms with Crippen molar-refractivity contribution in [2.75, 3.05) is 32.0 Å². The molecule has 4 heteroatoms. The predicted octanol–water partition coefficient (Wildman–Crippen LogP) is 2.62. The lowest BCUT2D eigenvalue weighted by molar-refractivity contribution is 0.203. The van der Waals surface area contributed by atoms with Gasteiger partial charge in [-0.15, -0.1) is 11.8 Å². The molecule has 0 radical (unpaired) electrons. The highest BCUT2D eigenvalue weighted by Gasteiger charge is 2.05. The average Bonchev–Trinajstić information content (AvgIpc) is 2.32. The van der Waals surface area contributed by atoms with Gasteiger partial charge in [0, 0.05) is 23.7 Å². The number of thioether (sulfide) groups is 1. The van der Waals surface area contributed by atoms with Gasteiger partial charge in [-0.05, 0) is 25.1 Å². The summed E-state index contributed by atoms with van der Waals surface area (Å²) in [5.41, 5.74) is 0. The van der Waals surface area contributed by atoms with E-state index in [0.29, 0.717) is 11.4 Å². The number of nitrogens with zero attached hydrogens (tertiary/aromatic N) is 1. The standard InChI is InChI=1S/C13H20FNOS/c1-2-7-15(8-10-16)9-11-17-13-6-4-3-5-12(13)14/h3-6,16H,2,7-11H2,1H3. The van der Waals surface area contributed by atoms with Crippen molar-refractivity contribution in [1.29, 1.82) is 0 Å². The quantitative estimate of drug-likeness (QED) is 0.724. The summed E-state index contributed by atoms with van der Waals surface area (Å²) in [5, 5.41) is 8.92. The van der Waals surface area contributed by atoms with Crippen molar-refractivity contribution in [2.24, 2.45) is 0 Å². The minimum absolute atomic E-state index is 0.151. The van der Waals surface area contributed by atoms with Crippen molar-refractivity contribution >= 4 is 11.8 Å². The highest BCUT2D eigenvalue weighted by atomic mass is 32.2. The van der Waals surface area contributed by atoms with Crippen LogP contribution in [0.25, 0.3) is 0 Å². The minimum atomic E-state index is -0.151. The first-order chi connectivity index (χ1) is 8.27. The first-order valence-electron chi connectivity index (χ1n) is 5.98. The van der Waals surface area contributed by atoms with Crippen LogP contribution in [0, 0.1) is 5.82 Å². The van der Waals surface area contributed by atoms with Crippen LogP contribution in [0.5, 0.6) is 0 Å². The Hall–Kier alpha value is -0.580. The molecule has 0 amide bonds. The van der Waals surface area contributed by atoms with Crippen LogP contribution in [0.3, 0.4) is 0 Å². The highest BCUT2D eigenvalue weighted by Crippen LogP contribution is 2.20. The Morgan fingerprint density at radius 2 is 2.00 bits per heavy atom. The van der Waals surface area contributed by atoms with Crippen LogP contribution in [-0.4, -0.2) is 42.0 Å². The van der Waals surface area contributed by atoms with Crippen molar-refractivity contribution in [2.45, 2.75) is 18.2 Å². The SMILES string of the molecule is CCCN(CCO)CCSc1ccccc1F. The number of benzene rings is 1. The van der Waals surface area contributed by atoms with Crippen LogP contribution in [-0.2, 0) is 0 Å². The van der Waals surface area contributed by atoms with Gasteiger partial charge in [0.1, 0.15) is 5.82 Å². The summed E-state index contributed by atoms with van der Waals surface area (Å²) in [4.78, 5) is 2.90. The lowest BCUT2D eigenvalue weighted by Crippen LogP contribution is -2.29. The second kappa shape index (κ2) is 8.50.